The molecule has 4 heteroatoms. The Morgan fingerprint density at radius 1 is 1.44 bits per heavy atom. The zero-order valence-electron chi connectivity index (χ0n) is 10.9. The van der Waals surface area contributed by atoms with E-state index >= 15 is 0 Å². The highest BCUT2D eigenvalue weighted by atomic mass is 15.0. The van der Waals surface area contributed by atoms with Gasteiger partial charge in [0.05, 0.1) is 17.4 Å². The number of pyridine rings is 1. The van der Waals surface area contributed by atoms with Gasteiger partial charge < -0.3 is 11.1 Å². The normalized spacial score (nSPS) is 18.0. The summed E-state index contributed by atoms with van der Waals surface area (Å²) < 4.78 is 0. The molecule has 4 nitrogen and oxygen atoms in total. The molecule has 0 aromatic carbocycles. The van der Waals surface area contributed by atoms with E-state index in [9.17, 15) is 0 Å². The summed E-state index contributed by atoms with van der Waals surface area (Å²) in [4.78, 5) is 4.21. The Labute approximate surface area is 108 Å². The van der Waals surface area contributed by atoms with E-state index < -0.39 is 0 Å². The minimum absolute atomic E-state index is 0.327. The molecule has 96 valence electrons. The van der Waals surface area contributed by atoms with Crippen LogP contribution < -0.4 is 11.1 Å². The molecule has 1 aliphatic carbocycles. The van der Waals surface area contributed by atoms with Gasteiger partial charge in [0.25, 0.3) is 0 Å². The van der Waals surface area contributed by atoms with Gasteiger partial charge in [-0.2, -0.15) is 5.26 Å². The van der Waals surface area contributed by atoms with Crippen molar-refractivity contribution in [2.45, 2.75) is 39.0 Å². The van der Waals surface area contributed by atoms with Crippen molar-refractivity contribution in [3.8, 4) is 6.07 Å². The summed E-state index contributed by atoms with van der Waals surface area (Å²) in [5.74, 6) is 0.651. The summed E-state index contributed by atoms with van der Waals surface area (Å²) in [6, 6.07) is 3.80. The van der Waals surface area contributed by atoms with Crippen LogP contribution in [-0.4, -0.2) is 11.5 Å². The van der Waals surface area contributed by atoms with Gasteiger partial charge >= 0.3 is 0 Å². The molecule has 3 N–H and O–H groups in total. The van der Waals surface area contributed by atoms with Crippen LogP contribution >= 0.6 is 0 Å². The third-order valence-electron chi connectivity index (χ3n) is 3.77. The number of nitrogen functional groups attached to an aromatic ring is 1. The number of hydrogen-bond donors (Lipinski definition) is 2. The van der Waals surface area contributed by atoms with E-state index in [0.717, 1.165) is 6.54 Å². The molecule has 0 bridgehead atoms. The molecule has 0 spiro atoms. The van der Waals surface area contributed by atoms with Crippen LogP contribution in [0.15, 0.2) is 12.3 Å². The maximum Gasteiger partial charge on any atom is 0.144 e. The van der Waals surface area contributed by atoms with Gasteiger partial charge in [0.1, 0.15) is 11.9 Å². The second kappa shape index (κ2) is 5.26. The summed E-state index contributed by atoms with van der Waals surface area (Å²) in [6.45, 7) is 3.18. The molecule has 1 aliphatic rings. The molecule has 0 aliphatic heterocycles. The molecule has 18 heavy (non-hydrogen) atoms. The third-order valence-corrected chi connectivity index (χ3v) is 3.77. The number of rotatable bonds is 3. The first kappa shape index (κ1) is 12.7. The molecule has 0 atom stereocenters. The lowest BCUT2D eigenvalue weighted by molar-refractivity contribution is 0.233. The second-order valence-corrected chi connectivity index (χ2v) is 5.50. The van der Waals surface area contributed by atoms with Gasteiger partial charge in [0, 0.05) is 6.54 Å². The monoisotopic (exact) mass is 244 g/mol. The standard InChI is InChI=1S/C14H20N4/c1-14(5-3-2-4-6-14)10-18-13-11(8-15)7-12(16)9-17-13/h7,9H,2-6,10,16H2,1H3,(H,17,18). The van der Waals surface area contributed by atoms with E-state index in [-0.39, 0.29) is 0 Å². The molecule has 1 aromatic rings. The fourth-order valence-corrected chi connectivity index (χ4v) is 2.59. The SMILES string of the molecule is CC1(CNc2ncc(N)cc2C#N)CCCCC1. The minimum Gasteiger partial charge on any atom is -0.397 e. The van der Waals surface area contributed by atoms with Crippen LogP contribution in [0, 0.1) is 16.7 Å². The number of anilines is 2. The number of aromatic nitrogens is 1. The van der Waals surface area contributed by atoms with Crippen molar-refractivity contribution >= 4 is 11.5 Å². The molecule has 2 rings (SSSR count). The number of hydrogen-bond acceptors (Lipinski definition) is 4. The fourth-order valence-electron chi connectivity index (χ4n) is 2.59. The van der Waals surface area contributed by atoms with Crippen molar-refractivity contribution < 1.29 is 0 Å². The zero-order chi connectivity index (χ0) is 13.0. The largest absolute Gasteiger partial charge is 0.397 e. The Morgan fingerprint density at radius 3 is 2.83 bits per heavy atom. The predicted octanol–water partition coefficient (Wildman–Crippen LogP) is 2.92. The topological polar surface area (TPSA) is 74.7 Å². The molecule has 0 radical (unpaired) electrons. The van der Waals surface area contributed by atoms with Crippen molar-refractivity contribution in [2.75, 3.05) is 17.6 Å². The van der Waals surface area contributed by atoms with Crippen molar-refractivity contribution in [2.24, 2.45) is 5.41 Å². The summed E-state index contributed by atoms with van der Waals surface area (Å²) in [7, 11) is 0. The van der Waals surface area contributed by atoms with Gasteiger partial charge in [-0.1, -0.05) is 26.2 Å². The Hall–Kier alpha value is -1.76. The molecule has 0 amide bonds. The molecule has 0 unspecified atom stereocenters. The lowest BCUT2D eigenvalue weighted by Crippen LogP contribution is -2.29. The number of nitrogens with zero attached hydrogens (tertiary/aromatic N) is 2. The maximum absolute atomic E-state index is 9.06. The zero-order valence-corrected chi connectivity index (χ0v) is 10.9. The van der Waals surface area contributed by atoms with Crippen LogP contribution in [0.2, 0.25) is 0 Å². The van der Waals surface area contributed by atoms with Crippen LogP contribution in [0.25, 0.3) is 0 Å². The van der Waals surface area contributed by atoms with E-state index in [1.165, 1.54) is 32.1 Å². The second-order valence-electron chi connectivity index (χ2n) is 5.50. The Bertz CT molecular complexity index is 455. The Balaban J connectivity index is 2.04. The lowest BCUT2D eigenvalue weighted by atomic mass is 9.76. The molecule has 1 aromatic heterocycles. The lowest BCUT2D eigenvalue weighted by Gasteiger charge is -2.33. The maximum atomic E-state index is 9.06. The summed E-state index contributed by atoms with van der Waals surface area (Å²) in [5.41, 5.74) is 7.01. The van der Waals surface area contributed by atoms with Gasteiger partial charge in [-0.15, -0.1) is 0 Å². The Kier molecular flexibility index (Phi) is 3.71. The average molecular weight is 244 g/mol. The predicted molar refractivity (Wildman–Crippen MR) is 73.0 cm³/mol. The van der Waals surface area contributed by atoms with Gasteiger partial charge in [-0.3, -0.25) is 0 Å². The molecule has 0 saturated heterocycles. The molecular weight excluding hydrogens is 224 g/mol. The molecule has 1 heterocycles. The third kappa shape index (κ3) is 2.92. The number of nitrogens with one attached hydrogen (secondary N) is 1. The van der Waals surface area contributed by atoms with E-state index in [2.05, 4.69) is 23.3 Å². The average Bonchev–Trinajstić information content (AvgIpc) is 2.38. The fraction of sp³-hybridized carbons (Fsp3) is 0.571. The van der Waals surface area contributed by atoms with E-state index in [1.807, 2.05) is 0 Å². The van der Waals surface area contributed by atoms with Crippen molar-refractivity contribution in [3.63, 3.8) is 0 Å². The van der Waals surface area contributed by atoms with E-state index in [4.69, 9.17) is 11.0 Å². The van der Waals surface area contributed by atoms with Gasteiger partial charge in [-0.05, 0) is 24.3 Å². The first-order valence-corrected chi connectivity index (χ1v) is 6.52. The molecular formula is C14H20N4. The molecule has 1 fully saturated rings. The van der Waals surface area contributed by atoms with Gasteiger partial charge in [-0.25, -0.2) is 4.98 Å². The summed E-state index contributed by atoms with van der Waals surface area (Å²) in [6.07, 6.45) is 8.04. The van der Waals surface area contributed by atoms with Crippen LogP contribution in [0.1, 0.15) is 44.6 Å². The highest BCUT2D eigenvalue weighted by Gasteiger charge is 2.26. The summed E-state index contributed by atoms with van der Waals surface area (Å²) >= 11 is 0. The number of nitrogens with two attached hydrogens (primary N) is 1. The van der Waals surface area contributed by atoms with Crippen LogP contribution in [0.4, 0.5) is 11.5 Å². The molecule has 1 saturated carbocycles. The first-order chi connectivity index (χ1) is 8.63. The van der Waals surface area contributed by atoms with Crippen LogP contribution in [0.3, 0.4) is 0 Å². The van der Waals surface area contributed by atoms with Crippen molar-refractivity contribution in [3.05, 3.63) is 17.8 Å². The minimum atomic E-state index is 0.327. The van der Waals surface area contributed by atoms with E-state index in [0.29, 0.717) is 22.5 Å². The van der Waals surface area contributed by atoms with Crippen LogP contribution in [0.5, 0.6) is 0 Å². The Morgan fingerprint density at radius 2 is 2.17 bits per heavy atom. The highest BCUT2D eigenvalue weighted by molar-refractivity contribution is 5.57. The van der Waals surface area contributed by atoms with Crippen molar-refractivity contribution in [1.82, 2.24) is 4.98 Å². The van der Waals surface area contributed by atoms with Gasteiger partial charge in [0.2, 0.25) is 0 Å². The number of nitriles is 1. The first-order valence-electron chi connectivity index (χ1n) is 6.52. The van der Waals surface area contributed by atoms with Crippen molar-refractivity contribution in [1.29, 1.82) is 5.26 Å². The smallest absolute Gasteiger partial charge is 0.144 e. The van der Waals surface area contributed by atoms with E-state index in [1.54, 1.807) is 12.3 Å². The quantitative estimate of drug-likeness (QED) is 0.857. The highest BCUT2D eigenvalue weighted by Crippen LogP contribution is 2.35. The van der Waals surface area contributed by atoms with Crippen LogP contribution in [-0.2, 0) is 0 Å². The summed E-state index contributed by atoms with van der Waals surface area (Å²) in [5, 5.41) is 12.4. The van der Waals surface area contributed by atoms with Gasteiger partial charge in [0.15, 0.2) is 0 Å².